The smallest absolute Gasteiger partial charge is 0.378 e. The Morgan fingerprint density at radius 2 is 1.56 bits per heavy atom. The Bertz CT molecular complexity index is 1050. The molecule has 7 nitrogen and oxygen atoms in total. The minimum absolute atomic E-state index is 0.147. The predicted molar refractivity (Wildman–Crippen MR) is 117 cm³/mol. The molecule has 0 spiro atoms. The number of aromatic nitrogens is 3. The quantitative estimate of drug-likeness (QED) is 0.567. The fourth-order valence-corrected chi connectivity index (χ4v) is 3.24. The first-order valence-corrected chi connectivity index (χ1v) is 10.3. The molecule has 3 aromatic rings. The standard InChI is InChI=1S/C22H23F3N6O/c1-2-15-6-8-17(9-7-15)26-19-28-20(30-21(29-19)31-10-12-32-13-11-31)27-18-5-3-4-16(14-18)22(23,24)25/h3-9,14H,2,10-13H2,1H3,(H2,26,27,28,29,30). The summed E-state index contributed by atoms with van der Waals surface area (Å²) >= 11 is 0. The van der Waals surface area contributed by atoms with Crippen LogP contribution in [0.15, 0.2) is 48.5 Å². The molecule has 1 aliphatic heterocycles. The van der Waals surface area contributed by atoms with Crippen LogP contribution in [-0.2, 0) is 17.3 Å². The minimum Gasteiger partial charge on any atom is -0.378 e. The van der Waals surface area contributed by atoms with Gasteiger partial charge in [-0.05, 0) is 42.3 Å². The van der Waals surface area contributed by atoms with E-state index >= 15 is 0 Å². The van der Waals surface area contributed by atoms with Gasteiger partial charge in [0.15, 0.2) is 0 Å². The minimum atomic E-state index is -4.44. The Morgan fingerprint density at radius 3 is 2.19 bits per heavy atom. The molecule has 32 heavy (non-hydrogen) atoms. The lowest BCUT2D eigenvalue weighted by Crippen LogP contribution is -2.37. The highest BCUT2D eigenvalue weighted by Gasteiger charge is 2.30. The topological polar surface area (TPSA) is 75.2 Å². The summed E-state index contributed by atoms with van der Waals surface area (Å²) in [5.41, 5.74) is 1.48. The molecule has 1 aromatic heterocycles. The number of nitrogens with one attached hydrogen (secondary N) is 2. The van der Waals surface area contributed by atoms with Gasteiger partial charge in [0, 0.05) is 24.5 Å². The number of alkyl halides is 3. The van der Waals surface area contributed by atoms with E-state index in [4.69, 9.17) is 4.74 Å². The zero-order valence-electron chi connectivity index (χ0n) is 17.5. The van der Waals surface area contributed by atoms with Gasteiger partial charge < -0.3 is 20.3 Å². The lowest BCUT2D eigenvalue weighted by molar-refractivity contribution is -0.137. The first kappa shape index (κ1) is 21.8. The lowest BCUT2D eigenvalue weighted by Gasteiger charge is -2.27. The fraction of sp³-hybridized carbons (Fsp3) is 0.318. The van der Waals surface area contributed by atoms with E-state index in [1.54, 1.807) is 0 Å². The first-order chi connectivity index (χ1) is 15.4. The van der Waals surface area contributed by atoms with Crippen LogP contribution in [0.5, 0.6) is 0 Å². The molecule has 0 unspecified atom stereocenters. The molecule has 2 N–H and O–H groups in total. The maximum absolute atomic E-state index is 13.1. The van der Waals surface area contributed by atoms with E-state index in [1.807, 2.05) is 29.2 Å². The number of hydrogen-bond donors (Lipinski definition) is 2. The van der Waals surface area contributed by atoms with E-state index in [9.17, 15) is 13.2 Å². The summed E-state index contributed by atoms with van der Waals surface area (Å²) in [6, 6.07) is 12.8. The van der Waals surface area contributed by atoms with E-state index in [0.29, 0.717) is 38.2 Å². The second kappa shape index (κ2) is 9.39. The van der Waals surface area contributed by atoms with Crippen LogP contribution in [0.3, 0.4) is 0 Å². The number of aryl methyl sites for hydroxylation is 1. The lowest BCUT2D eigenvalue weighted by atomic mass is 10.1. The summed E-state index contributed by atoms with van der Waals surface area (Å²) in [7, 11) is 0. The molecule has 2 aromatic carbocycles. The third-order valence-corrected chi connectivity index (χ3v) is 4.98. The summed E-state index contributed by atoms with van der Waals surface area (Å²) in [5.74, 6) is 0.860. The van der Waals surface area contributed by atoms with Crippen molar-refractivity contribution in [2.75, 3.05) is 41.8 Å². The molecule has 0 bridgehead atoms. The van der Waals surface area contributed by atoms with Gasteiger partial charge in [0.05, 0.1) is 18.8 Å². The van der Waals surface area contributed by atoms with Crippen LogP contribution in [0.25, 0.3) is 0 Å². The van der Waals surface area contributed by atoms with E-state index < -0.39 is 11.7 Å². The molecule has 1 saturated heterocycles. The van der Waals surface area contributed by atoms with Crippen molar-refractivity contribution < 1.29 is 17.9 Å². The van der Waals surface area contributed by atoms with Gasteiger partial charge in [-0.2, -0.15) is 28.1 Å². The Hall–Kier alpha value is -3.40. The maximum atomic E-state index is 13.1. The third-order valence-electron chi connectivity index (χ3n) is 4.98. The van der Waals surface area contributed by atoms with Crippen LogP contribution < -0.4 is 15.5 Å². The summed E-state index contributed by atoms with van der Waals surface area (Å²) < 4.78 is 44.6. The SMILES string of the molecule is CCc1ccc(Nc2nc(Nc3cccc(C(F)(F)F)c3)nc(N3CCOCC3)n2)cc1. The Balaban J connectivity index is 1.63. The van der Waals surface area contributed by atoms with Gasteiger partial charge in [-0.15, -0.1) is 0 Å². The normalized spacial score (nSPS) is 14.3. The van der Waals surface area contributed by atoms with Gasteiger partial charge in [0.1, 0.15) is 0 Å². The van der Waals surface area contributed by atoms with E-state index in [2.05, 4.69) is 32.5 Å². The molecule has 0 atom stereocenters. The molecule has 0 amide bonds. The van der Waals surface area contributed by atoms with Gasteiger partial charge in [0.25, 0.3) is 0 Å². The number of anilines is 5. The Kier molecular flexibility index (Phi) is 6.40. The number of benzene rings is 2. The van der Waals surface area contributed by atoms with Crippen LogP contribution in [0.2, 0.25) is 0 Å². The van der Waals surface area contributed by atoms with Crippen LogP contribution in [0.1, 0.15) is 18.1 Å². The largest absolute Gasteiger partial charge is 0.416 e. The predicted octanol–water partition coefficient (Wildman–Crippen LogP) is 4.78. The molecule has 4 rings (SSSR count). The van der Waals surface area contributed by atoms with Crippen molar-refractivity contribution in [3.63, 3.8) is 0 Å². The van der Waals surface area contributed by atoms with Crippen molar-refractivity contribution in [3.8, 4) is 0 Å². The van der Waals surface area contributed by atoms with E-state index in [-0.39, 0.29) is 11.6 Å². The van der Waals surface area contributed by atoms with Crippen molar-refractivity contribution in [2.24, 2.45) is 0 Å². The molecular formula is C22H23F3N6O. The summed E-state index contributed by atoms with van der Waals surface area (Å²) in [4.78, 5) is 15.3. The highest BCUT2D eigenvalue weighted by atomic mass is 19.4. The number of morpholine rings is 1. The number of hydrogen-bond acceptors (Lipinski definition) is 7. The second-order valence-electron chi connectivity index (χ2n) is 7.26. The molecule has 0 saturated carbocycles. The van der Waals surface area contributed by atoms with Crippen molar-refractivity contribution in [1.82, 2.24) is 15.0 Å². The Morgan fingerprint density at radius 1 is 0.906 bits per heavy atom. The number of ether oxygens (including phenoxy) is 1. The van der Waals surface area contributed by atoms with Gasteiger partial charge in [-0.1, -0.05) is 25.1 Å². The van der Waals surface area contributed by atoms with Crippen LogP contribution in [-0.4, -0.2) is 41.3 Å². The van der Waals surface area contributed by atoms with Crippen molar-refractivity contribution in [3.05, 3.63) is 59.7 Å². The third kappa shape index (κ3) is 5.44. The molecule has 10 heteroatoms. The average Bonchev–Trinajstić information content (AvgIpc) is 2.80. The van der Waals surface area contributed by atoms with Crippen LogP contribution in [0.4, 0.5) is 42.4 Å². The van der Waals surface area contributed by atoms with E-state index in [1.165, 1.54) is 17.7 Å². The van der Waals surface area contributed by atoms with Crippen molar-refractivity contribution >= 4 is 29.2 Å². The fourth-order valence-electron chi connectivity index (χ4n) is 3.24. The molecule has 168 valence electrons. The monoisotopic (exact) mass is 444 g/mol. The number of nitrogens with zero attached hydrogens (tertiary/aromatic N) is 4. The average molecular weight is 444 g/mol. The molecule has 1 fully saturated rings. The van der Waals surface area contributed by atoms with Crippen molar-refractivity contribution in [1.29, 1.82) is 0 Å². The number of rotatable bonds is 6. The van der Waals surface area contributed by atoms with E-state index in [0.717, 1.165) is 24.2 Å². The van der Waals surface area contributed by atoms with Crippen LogP contribution >= 0.6 is 0 Å². The van der Waals surface area contributed by atoms with Gasteiger partial charge in [-0.3, -0.25) is 0 Å². The Labute approximate surface area is 183 Å². The zero-order valence-corrected chi connectivity index (χ0v) is 17.5. The molecule has 1 aliphatic rings. The molecule has 0 radical (unpaired) electrons. The summed E-state index contributed by atoms with van der Waals surface area (Å²) in [6.45, 7) is 4.39. The summed E-state index contributed by atoms with van der Waals surface area (Å²) in [6.07, 6.45) is -3.51. The van der Waals surface area contributed by atoms with Gasteiger partial charge >= 0.3 is 6.18 Å². The molecule has 0 aliphatic carbocycles. The highest BCUT2D eigenvalue weighted by Crippen LogP contribution is 2.31. The van der Waals surface area contributed by atoms with Crippen molar-refractivity contribution in [2.45, 2.75) is 19.5 Å². The van der Waals surface area contributed by atoms with Gasteiger partial charge in [0.2, 0.25) is 17.8 Å². The highest BCUT2D eigenvalue weighted by molar-refractivity contribution is 5.60. The first-order valence-electron chi connectivity index (χ1n) is 10.3. The second-order valence-corrected chi connectivity index (χ2v) is 7.26. The van der Waals surface area contributed by atoms with Gasteiger partial charge in [-0.25, -0.2) is 0 Å². The summed E-state index contributed by atoms with van der Waals surface area (Å²) in [5, 5.41) is 6.04. The maximum Gasteiger partial charge on any atom is 0.416 e. The molecular weight excluding hydrogens is 421 g/mol. The zero-order chi connectivity index (χ0) is 22.6. The number of halogens is 3. The molecule has 2 heterocycles. The van der Waals surface area contributed by atoms with Crippen LogP contribution in [0, 0.1) is 0 Å².